The summed E-state index contributed by atoms with van der Waals surface area (Å²) in [7, 11) is 0. The highest BCUT2D eigenvalue weighted by Gasteiger charge is 2.38. The van der Waals surface area contributed by atoms with Gasteiger partial charge in [-0.1, -0.05) is 32.4 Å². The third-order valence-corrected chi connectivity index (χ3v) is 6.41. The van der Waals surface area contributed by atoms with Crippen LogP contribution in [0.3, 0.4) is 0 Å². The topological polar surface area (TPSA) is 67.3 Å². The zero-order valence-electron chi connectivity index (χ0n) is 20.9. The minimum absolute atomic E-state index is 0.0361. The molecule has 0 bridgehead atoms. The Morgan fingerprint density at radius 2 is 1.94 bits per heavy atom. The summed E-state index contributed by atoms with van der Waals surface area (Å²) < 4.78 is 32.9. The summed E-state index contributed by atoms with van der Waals surface area (Å²) in [5.74, 6) is -1.38. The molecule has 0 saturated heterocycles. The predicted molar refractivity (Wildman–Crippen MR) is 136 cm³/mol. The van der Waals surface area contributed by atoms with Gasteiger partial charge in [-0.3, -0.25) is 4.79 Å². The van der Waals surface area contributed by atoms with Crippen LogP contribution in [-0.4, -0.2) is 41.1 Å². The smallest absolute Gasteiger partial charge is 0.306 e. The molecule has 1 N–H and O–H groups in total. The van der Waals surface area contributed by atoms with E-state index < -0.39 is 5.92 Å². The standard InChI is InChI=1S/C26H35ClF2N4O2/c1-5-35-24(34)12-18(4)19-13-22(32-23-7-6-20(27)15-30-23)25(31-14-19)33(16-17(2)3)21-8-10-26(28,29)11-9-21/h6-7,13-15,17-18,21H,5,8-12,16H2,1-4H3,(H,30,32). The van der Waals surface area contributed by atoms with Gasteiger partial charge in [-0.05, 0) is 55.4 Å². The van der Waals surface area contributed by atoms with Gasteiger partial charge < -0.3 is 15.0 Å². The van der Waals surface area contributed by atoms with E-state index in [0.29, 0.717) is 54.3 Å². The summed E-state index contributed by atoms with van der Waals surface area (Å²) in [6.07, 6.45) is 4.12. The number of nitrogens with one attached hydrogen (secondary N) is 1. The van der Waals surface area contributed by atoms with E-state index in [-0.39, 0.29) is 37.2 Å². The van der Waals surface area contributed by atoms with Crippen LogP contribution < -0.4 is 10.2 Å². The zero-order valence-corrected chi connectivity index (χ0v) is 21.6. The summed E-state index contributed by atoms with van der Waals surface area (Å²) in [5.41, 5.74) is 1.59. The van der Waals surface area contributed by atoms with Gasteiger partial charge >= 0.3 is 5.97 Å². The van der Waals surface area contributed by atoms with Gasteiger partial charge in [-0.2, -0.15) is 0 Å². The number of nitrogens with zero attached hydrogens (tertiary/aromatic N) is 3. The number of carbonyl (C=O) groups is 1. The molecule has 1 saturated carbocycles. The van der Waals surface area contributed by atoms with E-state index in [1.165, 1.54) is 0 Å². The molecule has 3 rings (SSSR count). The zero-order chi connectivity index (χ0) is 25.6. The number of aromatic nitrogens is 2. The Labute approximate surface area is 211 Å². The first kappa shape index (κ1) is 27.1. The average molecular weight is 509 g/mol. The van der Waals surface area contributed by atoms with Gasteiger partial charge in [0, 0.05) is 37.8 Å². The molecule has 0 amide bonds. The molecule has 2 aromatic heterocycles. The fourth-order valence-electron chi connectivity index (χ4n) is 4.38. The molecule has 1 aliphatic carbocycles. The number of carbonyl (C=O) groups excluding carboxylic acids is 1. The van der Waals surface area contributed by atoms with Crippen molar-refractivity contribution in [1.82, 2.24) is 9.97 Å². The van der Waals surface area contributed by atoms with Crippen molar-refractivity contribution in [2.24, 2.45) is 5.92 Å². The number of halogens is 3. The van der Waals surface area contributed by atoms with Crippen molar-refractivity contribution in [1.29, 1.82) is 0 Å². The molecule has 1 aliphatic rings. The molecule has 0 aliphatic heterocycles. The minimum atomic E-state index is -2.60. The molecule has 1 unspecified atom stereocenters. The van der Waals surface area contributed by atoms with E-state index in [2.05, 4.69) is 29.0 Å². The van der Waals surface area contributed by atoms with Crippen LogP contribution in [0.4, 0.5) is 26.1 Å². The van der Waals surface area contributed by atoms with Crippen molar-refractivity contribution in [3.05, 3.63) is 41.2 Å². The van der Waals surface area contributed by atoms with Crippen LogP contribution in [0.25, 0.3) is 0 Å². The number of esters is 1. The normalized spacial score (nSPS) is 16.7. The number of anilines is 3. The average Bonchev–Trinajstić information content (AvgIpc) is 2.79. The predicted octanol–water partition coefficient (Wildman–Crippen LogP) is 6.97. The molecular weight excluding hydrogens is 474 g/mol. The van der Waals surface area contributed by atoms with Crippen LogP contribution in [0.5, 0.6) is 0 Å². The Hall–Kier alpha value is -2.48. The van der Waals surface area contributed by atoms with Crippen molar-refractivity contribution in [2.75, 3.05) is 23.4 Å². The van der Waals surface area contributed by atoms with Crippen LogP contribution >= 0.6 is 11.6 Å². The van der Waals surface area contributed by atoms with Gasteiger partial charge in [0.05, 0.1) is 23.7 Å². The quantitative estimate of drug-likeness (QED) is 0.349. The lowest BCUT2D eigenvalue weighted by Gasteiger charge is -2.39. The van der Waals surface area contributed by atoms with E-state index >= 15 is 0 Å². The molecule has 2 aromatic rings. The van der Waals surface area contributed by atoms with Crippen LogP contribution in [-0.2, 0) is 9.53 Å². The summed E-state index contributed by atoms with van der Waals surface area (Å²) in [6.45, 7) is 8.96. The number of ether oxygens (including phenoxy) is 1. The van der Waals surface area contributed by atoms with Crippen LogP contribution in [0, 0.1) is 5.92 Å². The summed E-state index contributed by atoms with van der Waals surface area (Å²) in [4.78, 5) is 23.3. The summed E-state index contributed by atoms with van der Waals surface area (Å²) in [6, 6.07) is 5.44. The monoisotopic (exact) mass is 508 g/mol. The lowest BCUT2D eigenvalue weighted by Crippen LogP contribution is -2.43. The van der Waals surface area contributed by atoms with Crippen molar-refractivity contribution in [3.63, 3.8) is 0 Å². The molecule has 0 spiro atoms. The lowest BCUT2D eigenvalue weighted by atomic mass is 9.90. The Kier molecular flexibility index (Phi) is 9.27. The van der Waals surface area contributed by atoms with E-state index in [4.69, 9.17) is 21.3 Å². The Morgan fingerprint density at radius 3 is 2.54 bits per heavy atom. The third kappa shape index (κ3) is 7.75. The second-order valence-electron chi connectivity index (χ2n) is 9.67. The number of hydrogen-bond acceptors (Lipinski definition) is 6. The first-order valence-corrected chi connectivity index (χ1v) is 12.6. The third-order valence-electron chi connectivity index (χ3n) is 6.19. The van der Waals surface area contributed by atoms with Gasteiger partial charge in [0.15, 0.2) is 5.82 Å². The maximum atomic E-state index is 13.9. The molecule has 1 fully saturated rings. The highest BCUT2D eigenvalue weighted by molar-refractivity contribution is 6.30. The van der Waals surface area contributed by atoms with Crippen molar-refractivity contribution in [3.8, 4) is 0 Å². The van der Waals surface area contributed by atoms with Gasteiger partial charge in [-0.15, -0.1) is 0 Å². The van der Waals surface area contributed by atoms with Crippen molar-refractivity contribution >= 4 is 34.9 Å². The van der Waals surface area contributed by atoms with Crippen molar-refractivity contribution in [2.45, 2.75) is 77.7 Å². The highest BCUT2D eigenvalue weighted by atomic mass is 35.5. The largest absolute Gasteiger partial charge is 0.466 e. The number of hydrogen-bond donors (Lipinski definition) is 1. The molecule has 35 heavy (non-hydrogen) atoms. The second-order valence-corrected chi connectivity index (χ2v) is 10.1. The fraction of sp³-hybridized carbons (Fsp3) is 0.577. The van der Waals surface area contributed by atoms with E-state index in [1.807, 2.05) is 13.0 Å². The SMILES string of the molecule is CCOC(=O)CC(C)c1cnc(N(CC(C)C)C2CCC(F)(F)CC2)c(Nc2ccc(Cl)cn2)c1. The maximum Gasteiger partial charge on any atom is 0.306 e. The van der Waals surface area contributed by atoms with Crippen LogP contribution in [0.15, 0.2) is 30.6 Å². The first-order valence-electron chi connectivity index (χ1n) is 12.3. The van der Waals surface area contributed by atoms with Gasteiger partial charge in [0.1, 0.15) is 5.82 Å². The molecule has 2 heterocycles. The molecule has 192 valence electrons. The van der Waals surface area contributed by atoms with E-state index in [9.17, 15) is 13.6 Å². The van der Waals surface area contributed by atoms with Crippen LogP contribution in [0.1, 0.15) is 71.3 Å². The van der Waals surface area contributed by atoms with Gasteiger partial charge in [0.25, 0.3) is 0 Å². The second kappa shape index (κ2) is 12.0. The molecule has 0 aromatic carbocycles. The molecular formula is C26H35ClF2N4O2. The molecule has 9 heteroatoms. The Bertz CT molecular complexity index is 978. The molecule has 0 radical (unpaired) electrons. The van der Waals surface area contributed by atoms with Gasteiger partial charge in [-0.25, -0.2) is 18.7 Å². The molecule has 6 nitrogen and oxygen atoms in total. The Morgan fingerprint density at radius 1 is 1.23 bits per heavy atom. The first-order chi connectivity index (χ1) is 16.6. The summed E-state index contributed by atoms with van der Waals surface area (Å²) >= 11 is 6.00. The van der Waals surface area contributed by atoms with E-state index in [0.717, 1.165) is 5.56 Å². The molecule has 1 atom stereocenters. The maximum absolute atomic E-state index is 13.9. The number of rotatable bonds is 10. The van der Waals surface area contributed by atoms with Gasteiger partial charge in [0.2, 0.25) is 5.92 Å². The van der Waals surface area contributed by atoms with E-state index in [1.54, 1.807) is 31.5 Å². The lowest BCUT2D eigenvalue weighted by molar-refractivity contribution is -0.143. The highest BCUT2D eigenvalue weighted by Crippen LogP contribution is 2.39. The minimum Gasteiger partial charge on any atom is -0.466 e. The summed E-state index contributed by atoms with van der Waals surface area (Å²) in [5, 5.41) is 3.87. The van der Waals surface area contributed by atoms with Crippen molar-refractivity contribution < 1.29 is 18.3 Å². The Balaban J connectivity index is 1.97. The fourth-order valence-corrected chi connectivity index (χ4v) is 4.49. The number of pyridine rings is 2. The number of alkyl halides is 2. The van der Waals surface area contributed by atoms with Crippen LogP contribution in [0.2, 0.25) is 5.02 Å².